The van der Waals surface area contributed by atoms with Crippen molar-refractivity contribution < 1.29 is 18.3 Å². The Kier molecular flexibility index (Phi) is 6.87. The van der Waals surface area contributed by atoms with E-state index in [1.807, 2.05) is 27.7 Å². The summed E-state index contributed by atoms with van der Waals surface area (Å²) in [7, 11) is -3.55. The molecule has 1 aliphatic rings. The molecule has 1 saturated heterocycles. The molecule has 0 saturated carbocycles. The summed E-state index contributed by atoms with van der Waals surface area (Å²) < 4.78 is 34.1. The van der Waals surface area contributed by atoms with Gasteiger partial charge in [0.2, 0.25) is 0 Å². The maximum absolute atomic E-state index is 12.8. The van der Waals surface area contributed by atoms with Gasteiger partial charge in [0.25, 0.3) is 10.2 Å². The summed E-state index contributed by atoms with van der Waals surface area (Å²) in [4.78, 5) is 0. The number of hydrogen-bond donors (Lipinski definition) is 1. The molecule has 0 bridgehead atoms. The molecule has 0 amide bonds. The Bertz CT molecular complexity index is 374. The fourth-order valence-electron chi connectivity index (χ4n) is 2.75. The van der Waals surface area contributed by atoms with Crippen molar-refractivity contribution in [1.29, 1.82) is 0 Å². The molecule has 1 fully saturated rings. The van der Waals surface area contributed by atoms with E-state index in [2.05, 4.69) is 0 Å². The third kappa shape index (κ3) is 4.14. The molecule has 2 atom stereocenters. The van der Waals surface area contributed by atoms with Crippen molar-refractivity contribution in [2.45, 2.75) is 58.8 Å². The topological polar surface area (TPSA) is 70.1 Å². The van der Waals surface area contributed by atoms with Crippen molar-refractivity contribution in [3.05, 3.63) is 0 Å². The van der Waals surface area contributed by atoms with Gasteiger partial charge in [-0.1, -0.05) is 13.8 Å². The van der Waals surface area contributed by atoms with E-state index >= 15 is 0 Å². The second-order valence-electron chi connectivity index (χ2n) is 5.39. The standard InChI is InChI=1S/C13H28N2O4S/c1-5-13(6-2)15(7-8-16)20(17,18)14-9-11(3)19-12(4)10-14/h11-13,16H,5-10H2,1-4H3. The van der Waals surface area contributed by atoms with E-state index in [1.165, 1.54) is 8.61 Å². The molecule has 120 valence electrons. The van der Waals surface area contributed by atoms with Gasteiger partial charge in [0.05, 0.1) is 18.8 Å². The van der Waals surface area contributed by atoms with Crippen molar-refractivity contribution in [2.24, 2.45) is 0 Å². The summed E-state index contributed by atoms with van der Waals surface area (Å²) >= 11 is 0. The minimum Gasteiger partial charge on any atom is -0.395 e. The average molecular weight is 308 g/mol. The van der Waals surface area contributed by atoms with Crippen LogP contribution < -0.4 is 0 Å². The van der Waals surface area contributed by atoms with Crippen molar-refractivity contribution in [3.8, 4) is 0 Å². The molecule has 0 radical (unpaired) electrons. The zero-order valence-corrected chi connectivity index (χ0v) is 13.8. The lowest BCUT2D eigenvalue weighted by atomic mass is 10.2. The van der Waals surface area contributed by atoms with Crippen LogP contribution in [0.3, 0.4) is 0 Å². The first-order valence-electron chi connectivity index (χ1n) is 7.39. The van der Waals surface area contributed by atoms with Gasteiger partial charge in [-0.3, -0.25) is 0 Å². The average Bonchev–Trinajstić information content (AvgIpc) is 2.38. The first kappa shape index (κ1) is 17.8. The summed E-state index contributed by atoms with van der Waals surface area (Å²) in [5, 5.41) is 9.19. The number of hydrogen-bond acceptors (Lipinski definition) is 4. The molecule has 1 N–H and O–H groups in total. The highest BCUT2D eigenvalue weighted by atomic mass is 32.2. The lowest BCUT2D eigenvalue weighted by molar-refractivity contribution is -0.0459. The highest BCUT2D eigenvalue weighted by Crippen LogP contribution is 2.21. The minimum absolute atomic E-state index is 0.0689. The van der Waals surface area contributed by atoms with Gasteiger partial charge in [0.1, 0.15) is 0 Å². The molecule has 1 aliphatic heterocycles. The molecule has 0 aromatic rings. The predicted molar refractivity (Wildman–Crippen MR) is 78.7 cm³/mol. The smallest absolute Gasteiger partial charge is 0.282 e. The Labute approximate surface area is 122 Å². The lowest BCUT2D eigenvalue weighted by Gasteiger charge is -2.39. The van der Waals surface area contributed by atoms with Gasteiger partial charge in [0.15, 0.2) is 0 Å². The van der Waals surface area contributed by atoms with Crippen LogP contribution in [0.25, 0.3) is 0 Å². The third-order valence-electron chi connectivity index (χ3n) is 3.68. The van der Waals surface area contributed by atoms with Crippen LogP contribution in [0, 0.1) is 0 Å². The van der Waals surface area contributed by atoms with Gasteiger partial charge in [-0.25, -0.2) is 0 Å². The molecule has 2 unspecified atom stereocenters. The second-order valence-corrected chi connectivity index (χ2v) is 7.27. The van der Waals surface area contributed by atoms with Crippen LogP contribution in [-0.4, -0.2) is 66.6 Å². The van der Waals surface area contributed by atoms with Gasteiger partial charge in [-0.2, -0.15) is 17.0 Å². The van der Waals surface area contributed by atoms with E-state index in [0.29, 0.717) is 13.1 Å². The van der Waals surface area contributed by atoms with Crippen molar-refractivity contribution >= 4 is 10.2 Å². The van der Waals surface area contributed by atoms with Crippen LogP contribution in [0.1, 0.15) is 40.5 Å². The molecule has 0 aromatic heterocycles. The monoisotopic (exact) mass is 308 g/mol. The van der Waals surface area contributed by atoms with Crippen LogP contribution in [0.5, 0.6) is 0 Å². The van der Waals surface area contributed by atoms with E-state index in [0.717, 1.165) is 12.8 Å². The van der Waals surface area contributed by atoms with Crippen LogP contribution in [0.2, 0.25) is 0 Å². The highest BCUT2D eigenvalue weighted by molar-refractivity contribution is 7.86. The van der Waals surface area contributed by atoms with E-state index < -0.39 is 10.2 Å². The molecule has 1 heterocycles. The Hall–Kier alpha value is -0.210. The predicted octanol–water partition coefficient (Wildman–Crippen LogP) is 0.823. The molecule has 6 nitrogen and oxygen atoms in total. The highest BCUT2D eigenvalue weighted by Gasteiger charge is 2.37. The van der Waals surface area contributed by atoms with E-state index in [4.69, 9.17) is 4.74 Å². The first-order valence-corrected chi connectivity index (χ1v) is 8.79. The zero-order chi connectivity index (χ0) is 15.3. The van der Waals surface area contributed by atoms with Crippen molar-refractivity contribution in [2.75, 3.05) is 26.2 Å². The zero-order valence-electron chi connectivity index (χ0n) is 12.9. The maximum atomic E-state index is 12.8. The first-order chi connectivity index (χ1) is 9.36. The van der Waals surface area contributed by atoms with Gasteiger partial charge in [0, 0.05) is 25.7 Å². The van der Waals surface area contributed by atoms with Crippen LogP contribution in [-0.2, 0) is 14.9 Å². The second kappa shape index (κ2) is 7.70. The molecule has 0 spiro atoms. The van der Waals surface area contributed by atoms with Gasteiger partial charge >= 0.3 is 0 Å². The van der Waals surface area contributed by atoms with Crippen LogP contribution in [0.15, 0.2) is 0 Å². The van der Waals surface area contributed by atoms with Crippen LogP contribution in [0.4, 0.5) is 0 Å². The van der Waals surface area contributed by atoms with E-state index in [-0.39, 0.29) is 31.4 Å². The molecule has 1 rings (SSSR count). The van der Waals surface area contributed by atoms with Crippen LogP contribution >= 0.6 is 0 Å². The third-order valence-corrected chi connectivity index (χ3v) is 5.70. The maximum Gasteiger partial charge on any atom is 0.282 e. The number of aliphatic hydroxyl groups excluding tert-OH is 1. The normalized spacial score (nSPS) is 25.6. The Morgan fingerprint density at radius 1 is 1.25 bits per heavy atom. The lowest BCUT2D eigenvalue weighted by Crippen LogP contribution is -2.55. The Balaban J connectivity index is 2.97. The summed E-state index contributed by atoms with van der Waals surface area (Å²) in [6.07, 6.45) is 1.27. The van der Waals surface area contributed by atoms with E-state index in [1.54, 1.807) is 0 Å². The number of rotatable bonds is 7. The number of aliphatic hydroxyl groups is 1. The molecular weight excluding hydrogens is 280 g/mol. The fourth-order valence-corrected chi connectivity index (χ4v) is 4.83. The Morgan fingerprint density at radius 3 is 2.15 bits per heavy atom. The van der Waals surface area contributed by atoms with Crippen molar-refractivity contribution in [3.63, 3.8) is 0 Å². The summed E-state index contributed by atoms with van der Waals surface area (Å²) in [5.41, 5.74) is 0. The number of morpholine rings is 1. The van der Waals surface area contributed by atoms with Gasteiger partial charge in [-0.05, 0) is 26.7 Å². The molecule has 7 heteroatoms. The Morgan fingerprint density at radius 2 is 1.75 bits per heavy atom. The molecular formula is C13H28N2O4S. The fraction of sp³-hybridized carbons (Fsp3) is 1.00. The quantitative estimate of drug-likeness (QED) is 0.756. The molecule has 20 heavy (non-hydrogen) atoms. The van der Waals surface area contributed by atoms with Crippen molar-refractivity contribution in [1.82, 2.24) is 8.61 Å². The SMILES string of the molecule is CCC(CC)N(CCO)S(=O)(=O)N1CC(C)OC(C)C1. The summed E-state index contributed by atoms with van der Waals surface area (Å²) in [6.45, 7) is 8.43. The summed E-state index contributed by atoms with van der Waals surface area (Å²) in [5.74, 6) is 0. The minimum atomic E-state index is -3.55. The number of nitrogens with zero attached hydrogens (tertiary/aromatic N) is 2. The van der Waals surface area contributed by atoms with Gasteiger partial charge < -0.3 is 9.84 Å². The molecule has 0 aromatic carbocycles. The number of ether oxygens (including phenoxy) is 1. The molecule has 0 aliphatic carbocycles. The summed E-state index contributed by atoms with van der Waals surface area (Å²) in [6, 6.07) is -0.0689. The largest absolute Gasteiger partial charge is 0.395 e. The van der Waals surface area contributed by atoms with E-state index in [9.17, 15) is 13.5 Å². The van der Waals surface area contributed by atoms with Gasteiger partial charge in [-0.15, -0.1) is 0 Å².